The summed E-state index contributed by atoms with van der Waals surface area (Å²) in [6.07, 6.45) is -0.819. The van der Waals surface area contributed by atoms with Gasteiger partial charge in [-0.15, -0.1) is 0 Å². The Hall–Kier alpha value is -6.38. The van der Waals surface area contributed by atoms with Crippen molar-refractivity contribution < 1.29 is 43.3 Å². The average molecular weight is 874 g/mol. The van der Waals surface area contributed by atoms with E-state index in [1.165, 1.54) is 4.90 Å². The highest BCUT2D eigenvalue weighted by Gasteiger charge is 2.47. The minimum Gasteiger partial charge on any atom is -0.480 e. The zero-order valence-corrected chi connectivity index (χ0v) is 37.2. The van der Waals surface area contributed by atoms with Crippen molar-refractivity contribution in [2.75, 3.05) is 13.2 Å². The minimum absolute atomic E-state index is 0.0313. The fourth-order valence-electron chi connectivity index (χ4n) is 8.48. The number of aliphatic carboxylic acids is 1. The van der Waals surface area contributed by atoms with E-state index in [9.17, 15) is 33.9 Å². The maximum absolute atomic E-state index is 14.8. The van der Waals surface area contributed by atoms with Crippen LogP contribution >= 0.6 is 0 Å². The Kier molecular flexibility index (Phi) is 15.4. The summed E-state index contributed by atoms with van der Waals surface area (Å²) < 4.78 is 11.5. The number of carboxylic acids is 1. The van der Waals surface area contributed by atoms with Crippen LogP contribution in [-0.4, -0.2) is 101 Å². The average Bonchev–Trinajstić information content (AvgIpc) is 3.77. The Morgan fingerprint density at radius 1 is 0.703 bits per heavy atom. The number of amides is 5. The number of carbonyl (C=O) groups is 6. The number of benzene rings is 4. The van der Waals surface area contributed by atoms with Gasteiger partial charge in [0.2, 0.25) is 17.7 Å². The monoisotopic (exact) mass is 873 g/mol. The first-order chi connectivity index (χ1) is 30.5. The van der Waals surface area contributed by atoms with Crippen LogP contribution in [0.3, 0.4) is 0 Å². The van der Waals surface area contributed by atoms with Gasteiger partial charge in [0.05, 0.1) is 24.3 Å². The molecule has 0 spiro atoms. The Morgan fingerprint density at radius 3 is 1.75 bits per heavy atom. The maximum Gasteiger partial charge on any atom is 0.407 e. The summed E-state index contributed by atoms with van der Waals surface area (Å²) in [7, 11) is 0. The molecule has 0 unspecified atom stereocenters. The molecule has 5 amide bonds. The molecule has 2 aliphatic rings. The molecule has 0 radical (unpaired) electrons. The molecular weight excluding hydrogens is 815 g/mol. The fourth-order valence-corrected chi connectivity index (χ4v) is 8.48. The van der Waals surface area contributed by atoms with Crippen LogP contribution in [0.2, 0.25) is 0 Å². The Bertz CT molecular complexity index is 2250. The molecule has 4 aromatic rings. The number of hydrogen-bond donors (Lipinski definition) is 5. The van der Waals surface area contributed by atoms with Gasteiger partial charge in [-0.3, -0.25) is 24.1 Å². The van der Waals surface area contributed by atoms with Gasteiger partial charge < -0.3 is 35.8 Å². The normalized spacial score (nSPS) is 17.7. The summed E-state index contributed by atoms with van der Waals surface area (Å²) in [4.78, 5) is 83.3. The highest BCUT2D eigenvalue weighted by atomic mass is 16.5. The third kappa shape index (κ3) is 11.8. The van der Waals surface area contributed by atoms with Gasteiger partial charge in [0, 0.05) is 31.2 Å². The zero-order valence-electron chi connectivity index (χ0n) is 37.2. The maximum atomic E-state index is 14.8. The Balaban J connectivity index is 1.19. The van der Waals surface area contributed by atoms with Crippen molar-refractivity contribution in [2.24, 2.45) is 5.92 Å². The van der Waals surface area contributed by atoms with E-state index >= 15 is 0 Å². The second kappa shape index (κ2) is 20.9. The zero-order chi connectivity index (χ0) is 46.1. The molecule has 338 valence electrons. The van der Waals surface area contributed by atoms with Crippen molar-refractivity contribution >= 4 is 35.7 Å². The number of nitrogens with one attached hydrogen (secondary N) is 4. The largest absolute Gasteiger partial charge is 0.480 e. The smallest absolute Gasteiger partial charge is 0.407 e. The van der Waals surface area contributed by atoms with E-state index in [1.54, 1.807) is 27.7 Å². The molecular formula is C50H59N5O9. The second-order valence-corrected chi connectivity index (χ2v) is 17.8. The van der Waals surface area contributed by atoms with Gasteiger partial charge in [-0.2, -0.15) is 0 Å². The van der Waals surface area contributed by atoms with Crippen LogP contribution in [-0.2, 0) is 46.3 Å². The van der Waals surface area contributed by atoms with Gasteiger partial charge in [-0.05, 0) is 67.0 Å². The van der Waals surface area contributed by atoms with E-state index < -0.39 is 77.5 Å². The van der Waals surface area contributed by atoms with Crippen molar-refractivity contribution in [3.63, 3.8) is 0 Å². The van der Waals surface area contributed by atoms with Crippen molar-refractivity contribution in [1.29, 1.82) is 0 Å². The lowest BCUT2D eigenvalue weighted by atomic mass is 9.95. The SMILES string of the molecule is CC(C)[C@H]1[C@@H](N[C@@H](C)C(=O)N[C@@H](COC(C)(C)C)C(=O)O)CC(=O)N1C(=O)[C@H](Cc1ccccc1)NC(=O)[C@H](Cc1ccccc1)NC(=O)OCC1c2ccccc2-c2ccccc21. The second-order valence-electron chi connectivity index (χ2n) is 17.8. The van der Waals surface area contributed by atoms with Crippen LogP contribution < -0.4 is 21.3 Å². The van der Waals surface area contributed by atoms with Crippen molar-refractivity contribution in [2.45, 2.75) is 109 Å². The van der Waals surface area contributed by atoms with E-state index in [1.807, 2.05) is 123 Å². The molecule has 14 heteroatoms. The molecule has 1 aliphatic carbocycles. The van der Waals surface area contributed by atoms with Crippen LogP contribution in [0, 0.1) is 5.92 Å². The van der Waals surface area contributed by atoms with Gasteiger partial charge in [0.15, 0.2) is 6.04 Å². The number of hydrogen-bond acceptors (Lipinski definition) is 9. The molecule has 0 saturated carbocycles. The fraction of sp³-hybridized carbons (Fsp3) is 0.400. The van der Waals surface area contributed by atoms with Crippen LogP contribution in [0.4, 0.5) is 4.79 Å². The topological polar surface area (TPSA) is 192 Å². The number of carbonyl (C=O) groups excluding carboxylic acids is 5. The number of alkyl carbamates (subject to hydrolysis) is 1. The summed E-state index contributed by atoms with van der Waals surface area (Å²) >= 11 is 0. The Morgan fingerprint density at radius 2 is 1.22 bits per heavy atom. The number of fused-ring (bicyclic) bond motifs is 3. The molecule has 14 nitrogen and oxygen atoms in total. The molecule has 1 saturated heterocycles. The highest BCUT2D eigenvalue weighted by molar-refractivity contribution is 6.02. The quantitative estimate of drug-likeness (QED) is 0.0868. The lowest BCUT2D eigenvalue weighted by Gasteiger charge is -2.34. The van der Waals surface area contributed by atoms with Crippen LogP contribution in [0.15, 0.2) is 109 Å². The van der Waals surface area contributed by atoms with Gasteiger partial charge in [0.25, 0.3) is 5.91 Å². The number of ether oxygens (including phenoxy) is 2. The molecule has 0 aromatic heterocycles. The summed E-state index contributed by atoms with van der Waals surface area (Å²) in [5.74, 6) is -4.17. The molecule has 5 N–H and O–H groups in total. The van der Waals surface area contributed by atoms with E-state index in [0.717, 1.165) is 33.4 Å². The molecule has 0 bridgehead atoms. The van der Waals surface area contributed by atoms with Crippen LogP contribution in [0.5, 0.6) is 0 Å². The van der Waals surface area contributed by atoms with E-state index in [0.29, 0.717) is 0 Å². The molecule has 1 heterocycles. The van der Waals surface area contributed by atoms with E-state index in [2.05, 4.69) is 21.3 Å². The molecule has 64 heavy (non-hydrogen) atoms. The van der Waals surface area contributed by atoms with Crippen molar-refractivity contribution in [1.82, 2.24) is 26.2 Å². The predicted molar refractivity (Wildman–Crippen MR) is 241 cm³/mol. The van der Waals surface area contributed by atoms with E-state index in [-0.39, 0.29) is 44.3 Å². The van der Waals surface area contributed by atoms with Crippen molar-refractivity contribution in [3.05, 3.63) is 131 Å². The lowest BCUT2D eigenvalue weighted by molar-refractivity contribution is -0.148. The summed E-state index contributed by atoms with van der Waals surface area (Å²) in [6, 6.07) is 28.1. The summed E-state index contributed by atoms with van der Waals surface area (Å²) in [5, 5.41) is 21.1. The van der Waals surface area contributed by atoms with Gasteiger partial charge in [-0.25, -0.2) is 9.59 Å². The predicted octanol–water partition coefficient (Wildman–Crippen LogP) is 5.38. The molecule has 1 fully saturated rings. The third-order valence-corrected chi connectivity index (χ3v) is 11.6. The van der Waals surface area contributed by atoms with Gasteiger partial charge in [-0.1, -0.05) is 123 Å². The summed E-state index contributed by atoms with van der Waals surface area (Å²) in [5.41, 5.74) is 5.08. The minimum atomic E-state index is -1.31. The van der Waals surface area contributed by atoms with Crippen LogP contribution in [0.1, 0.15) is 76.1 Å². The molecule has 4 aromatic carbocycles. The van der Waals surface area contributed by atoms with E-state index in [4.69, 9.17) is 9.47 Å². The molecule has 6 rings (SSSR count). The third-order valence-electron chi connectivity index (χ3n) is 11.6. The van der Waals surface area contributed by atoms with Gasteiger partial charge >= 0.3 is 12.1 Å². The molecule has 1 aliphatic heterocycles. The number of nitrogens with zero attached hydrogens (tertiary/aromatic N) is 1. The summed E-state index contributed by atoms with van der Waals surface area (Å²) in [6.45, 7) is 10.4. The first kappa shape index (κ1) is 47.1. The standard InChI is InChI=1S/C50H59N5O9/c1-30(2)44-39(51-31(3)45(57)53-42(48(60)61)29-64-50(4,5)6)27-43(56)55(44)47(59)41(26-33-19-11-8-12-20-33)52-46(58)40(25-32-17-9-7-10-18-32)54-49(62)63-28-38-36-23-15-13-21-34(36)35-22-14-16-24-37(35)38/h7-24,30-31,38-42,44,51H,25-29H2,1-6H3,(H,52,58)(H,53,57)(H,54,62)(H,60,61)/t31-,39-,40-,41-,42-,44-/m0/s1. The van der Waals surface area contributed by atoms with Gasteiger partial charge in [0.1, 0.15) is 18.7 Å². The number of likely N-dealkylation sites (tertiary alicyclic amines) is 1. The first-order valence-corrected chi connectivity index (χ1v) is 21.8. The number of imide groups is 1. The van der Waals surface area contributed by atoms with Crippen molar-refractivity contribution in [3.8, 4) is 11.1 Å². The first-order valence-electron chi connectivity index (χ1n) is 21.8. The number of carboxylic acid groups (broad SMARTS) is 1. The molecule has 6 atom stereocenters. The Labute approximate surface area is 374 Å². The highest BCUT2D eigenvalue weighted by Crippen LogP contribution is 2.44. The number of rotatable bonds is 18. The lowest BCUT2D eigenvalue weighted by Crippen LogP contribution is -2.59. The van der Waals surface area contributed by atoms with Crippen LogP contribution in [0.25, 0.3) is 11.1 Å².